The van der Waals surface area contributed by atoms with Crippen molar-refractivity contribution in [3.05, 3.63) is 78.0 Å². The van der Waals surface area contributed by atoms with Crippen molar-refractivity contribution >= 4 is 5.91 Å². The summed E-state index contributed by atoms with van der Waals surface area (Å²) in [5.41, 5.74) is 3.44. The summed E-state index contributed by atoms with van der Waals surface area (Å²) in [5, 5.41) is 2.91. The van der Waals surface area contributed by atoms with Gasteiger partial charge in [0, 0.05) is 23.9 Å². The minimum absolute atomic E-state index is 0.120. The Morgan fingerprint density at radius 1 is 1.00 bits per heavy atom. The smallest absolute Gasteiger partial charge is 0.251 e. The Morgan fingerprint density at radius 2 is 1.84 bits per heavy atom. The number of nitrogens with one attached hydrogen (secondary N) is 1. The zero-order chi connectivity index (χ0) is 17.1. The zero-order valence-corrected chi connectivity index (χ0v) is 13.4. The van der Waals surface area contributed by atoms with Crippen LogP contribution in [0.1, 0.15) is 15.9 Å². The summed E-state index contributed by atoms with van der Waals surface area (Å²) in [6, 6.07) is 18.8. The van der Waals surface area contributed by atoms with Crippen LogP contribution < -0.4 is 14.8 Å². The zero-order valence-electron chi connectivity index (χ0n) is 13.4. The molecule has 0 unspecified atom stereocenters. The topological polar surface area (TPSA) is 60.5 Å². The summed E-state index contributed by atoms with van der Waals surface area (Å²) in [6.45, 7) is 0.672. The van der Waals surface area contributed by atoms with E-state index in [1.807, 2.05) is 48.5 Å². The minimum atomic E-state index is -0.120. The van der Waals surface area contributed by atoms with Gasteiger partial charge in [0.15, 0.2) is 11.5 Å². The largest absolute Gasteiger partial charge is 0.454 e. The van der Waals surface area contributed by atoms with Crippen molar-refractivity contribution in [3.63, 3.8) is 0 Å². The van der Waals surface area contributed by atoms with Crippen LogP contribution in [0.25, 0.3) is 11.3 Å². The van der Waals surface area contributed by atoms with Crippen LogP contribution in [0.5, 0.6) is 11.5 Å². The lowest BCUT2D eigenvalue weighted by molar-refractivity contribution is 0.0951. The van der Waals surface area contributed by atoms with Crippen LogP contribution in [0.2, 0.25) is 0 Å². The second-order valence-corrected chi connectivity index (χ2v) is 5.66. The summed E-state index contributed by atoms with van der Waals surface area (Å²) >= 11 is 0. The number of nitrogens with zero attached hydrogens (tertiary/aromatic N) is 1. The van der Waals surface area contributed by atoms with Crippen molar-refractivity contribution in [2.75, 3.05) is 6.79 Å². The first-order valence-electron chi connectivity index (χ1n) is 7.98. The van der Waals surface area contributed by atoms with Gasteiger partial charge in [-0.3, -0.25) is 9.78 Å². The Hall–Kier alpha value is -3.34. The molecule has 0 atom stereocenters. The average molecular weight is 332 g/mol. The SMILES string of the molecule is O=C(NCc1ccc2c(c1)OCO2)c1ccc(-c2ccccn2)cc1. The normalized spacial score (nSPS) is 12.0. The van der Waals surface area contributed by atoms with Gasteiger partial charge < -0.3 is 14.8 Å². The quantitative estimate of drug-likeness (QED) is 0.795. The van der Waals surface area contributed by atoms with Gasteiger partial charge in [0.25, 0.3) is 5.91 Å². The first kappa shape index (κ1) is 15.2. The summed E-state index contributed by atoms with van der Waals surface area (Å²) in [6.07, 6.45) is 1.75. The number of amides is 1. The average Bonchev–Trinajstić information content (AvgIpc) is 3.15. The Labute approximate surface area is 145 Å². The van der Waals surface area contributed by atoms with Crippen LogP contribution in [0.3, 0.4) is 0 Å². The standard InChI is InChI=1S/C20H16N2O3/c23-20(22-12-14-4-9-18-19(11-14)25-13-24-18)16-7-5-15(6-8-16)17-3-1-2-10-21-17/h1-11H,12-13H2,(H,22,23). The molecule has 2 aromatic carbocycles. The highest BCUT2D eigenvalue weighted by atomic mass is 16.7. The molecular formula is C20H16N2O3. The van der Waals surface area contributed by atoms with E-state index in [0.29, 0.717) is 17.9 Å². The number of pyridine rings is 1. The lowest BCUT2D eigenvalue weighted by Crippen LogP contribution is -2.22. The fourth-order valence-electron chi connectivity index (χ4n) is 2.66. The van der Waals surface area contributed by atoms with Gasteiger partial charge in [0.2, 0.25) is 6.79 Å². The third-order valence-electron chi connectivity index (χ3n) is 4.00. The number of rotatable bonds is 4. The third-order valence-corrected chi connectivity index (χ3v) is 4.00. The predicted octanol–water partition coefficient (Wildman–Crippen LogP) is 3.41. The second-order valence-electron chi connectivity index (χ2n) is 5.66. The molecule has 1 aromatic heterocycles. The van der Waals surface area contributed by atoms with E-state index in [9.17, 15) is 4.79 Å². The first-order chi connectivity index (χ1) is 12.3. The number of aromatic nitrogens is 1. The number of hydrogen-bond acceptors (Lipinski definition) is 4. The number of carbonyl (C=O) groups excluding carboxylic acids is 1. The number of hydrogen-bond donors (Lipinski definition) is 1. The minimum Gasteiger partial charge on any atom is -0.454 e. The Bertz CT molecular complexity index is 893. The van der Waals surface area contributed by atoms with Gasteiger partial charge in [-0.25, -0.2) is 0 Å². The molecule has 0 fully saturated rings. The van der Waals surface area contributed by atoms with E-state index in [-0.39, 0.29) is 12.7 Å². The van der Waals surface area contributed by atoms with E-state index in [1.54, 1.807) is 18.3 Å². The van der Waals surface area contributed by atoms with Gasteiger partial charge in [0.05, 0.1) is 5.69 Å². The molecule has 5 heteroatoms. The maximum absolute atomic E-state index is 12.3. The van der Waals surface area contributed by atoms with Crippen molar-refractivity contribution in [1.82, 2.24) is 10.3 Å². The van der Waals surface area contributed by atoms with Crippen molar-refractivity contribution < 1.29 is 14.3 Å². The summed E-state index contributed by atoms with van der Waals surface area (Å²) in [5.74, 6) is 1.33. The van der Waals surface area contributed by atoms with Gasteiger partial charge in [-0.1, -0.05) is 24.3 Å². The number of carbonyl (C=O) groups is 1. The molecule has 25 heavy (non-hydrogen) atoms. The van der Waals surface area contributed by atoms with Crippen LogP contribution in [0, 0.1) is 0 Å². The molecule has 124 valence electrons. The molecule has 0 spiro atoms. The molecule has 1 N–H and O–H groups in total. The highest BCUT2D eigenvalue weighted by Crippen LogP contribution is 2.32. The van der Waals surface area contributed by atoms with Crippen LogP contribution in [-0.4, -0.2) is 17.7 Å². The first-order valence-corrected chi connectivity index (χ1v) is 7.98. The van der Waals surface area contributed by atoms with Crippen molar-refractivity contribution in [2.24, 2.45) is 0 Å². The van der Waals surface area contributed by atoms with Crippen LogP contribution >= 0.6 is 0 Å². The predicted molar refractivity (Wildman–Crippen MR) is 93.4 cm³/mol. The molecule has 5 nitrogen and oxygen atoms in total. The van der Waals surface area contributed by atoms with Gasteiger partial charge in [-0.2, -0.15) is 0 Å². The Kier molecular flexibility index (Phi) is 4.04. The van der Waals surface area contributed by atoms with E-state index in [4.69, 9.17) is 9.47 Å². The Morgan fingerprint density at radius 3 is 2.64 bits per heavy atom. The molecule has 1 aliphatic heterocycles. The van der Waals surface area contributed by atoms with Gasteiger partial charge in [-0.05, 0) is 42.0 Å². The number of benzene rings is 2. The van der Waals surface area contributed by atoms with Crippen molar-refractivity contribution in [3.8, 4) is 22.8 Å². The maximum atomic E-state index is 12.3. The molecule has 0 saturated heterocycles. The molecule has 0 radical (unpaired) electrons. The number of ether oxygens (including phenoxy) is 2. The molecule has 3 aromatic rings. The van der Waals surface area contributed by atoms with Gasteiger partial charge in [0.1, 0.15) is 0 Å². The van der Waals surface area contributed by atoms with Crippen LogP contribution in [-0.2, 0) is 6.54 Å². The number of fused-ring (bicyclic) bond motifs is 1. The summed E-state index contributed by atoms with van der Waals surface area (Å²) < 4.78 is 10.6. The van der Waals surface area contributed by atoms with Crippen molar-refractivity contribution in [2.45, 2.75) is 6.54 Å². The highest BCUT2D eigenvalue weighted by molar-refractivity contribution is 5.94. The summed E-state index contributed by atoms with van der Waals surface area (Å²) in [4.78, 5) is 16.6. The molecule has 0 saturated carbocycles. The highest BCUT2D eigenvalue weighted by Gasteiger charge is 2.13. The van der Waals surface area contributed by atoms with Crippen LogP contribution in [0.4, 0.5) is 0 Å². The van der Waals surface area contributed by atoms with E-state index in [2.05, 4.69) is 10.3 Å². The molecule has 4 rings (SSSR count). The Balaban J connectivity index is 1.41. The molecule has 1 aliphatic rings. The molecule has 2 heterocycles. The molecule has 0 aliphatic carbocycles. The third kappa shape index (κ3) is 3.30. The van der Waals surface area contributed by atoms with E-state index in [0.717, 1.165) is 22.6 Å². The monoisotopic (exact) mass is 332 g/mol. The van der Waals surface area contributed by atoms with E-state index < -0.39 is 0 Å². The fraction of sp³-hybridized carbons (Fsp3) is 0.100. The fourth-order valence-corrected chi connectivity index (χ4v) is 2.66. The lowest BCUT2D eigenvalue weighted by Gasteiger charge is -2.07. The maximum Gasteiger partial charge on any atom is 0.251 e. The molecule has 1 amide bonds. The van der Waals surface area contributed by atoms with E-state index >= 15 is 0 Å². The second kappa shape index (κ2) is 6.65. The van der Waals surface area contributed by atoms with Gasteiger partial charge >= 0.3 is 0 Å². The van der Waals surface area contributed by atoms with Crippen LogP contribution in [0.15, 0.2) is 66.9 Å². The van der Waals surface area contributed by atoms with Crippen molar-refractivity contribution in [1.29, 1.82) is 0 Å². The summed E-state index contributed by atoms with van der Waals surface area (Å²) in [7, 11) is 0. The van der Waals surface area contributed by atoms with Gasteiger partial charge in [-0.15, -0.1) is 0 Å². The molecular weight excluding hydrogens is 316 g/mol. The van der Waals surface area contributed by atoms with E-state index in [1.165, 1.54) is 0 Å². The lowest BCUT2D eigenvalue weighted by atomic mass is 10.1. The molecule has 0 bridgehead atoms.